The molecule has 1 N–H and O–H groups in total. The topological polar surface area (TPSA) is 15.3 Å². The Labute approximate surface area is 36.8 Å². The van der Waals surface area contributed by atoms with Gasteiger partial charge in [-0.1, -0.05) is 5.23 Å². The summed E-state index contributed by atoms with van der Waals surface area (Å²) >= 11 is 0. The molecule has 0 spiro atoms. The van der Waals surface area contributed by atoms with Gasteiger partial charge in [-0.15, -0.1) is 4.48 Å². The summed E-state index contributed by atoms with van der Waals surface area (Å²) < 4.78 is 11.6. The molecule has 0 aromatic rings. The molecular weight excluding hydrogens is 83.0 g/mol. The van der Waals surface area contributed by atoms with Crippen molar-refractivity contribution in [2.45, 2.75) is 6.92 Å². The van der Waals surface area contributed by atoms with Gasteiger partial charge in [0, 0.05) is 13.6 Å². The average molecular weight is 92.1 g/mol. The van der Waals surface area contributed by atoms with Crippen LogP contribution in [0.25, 0.3) is 0 Å². The molecule has 0 aliphatic rings. The van der Waals surface area contributed by atoms with E-state index in [-0.39, 0.29) is 0 Å². The van der Waals surface area contributed by atoms with Gasteiger partial charge >= 0.3 is 0 Å². The van der Waals surface area contributed by atoms with Crippen molar-refractivity contribution >= 4 is 0 Å². The molecule has 0 saturated heterocycles. The highest BCUT2D eigenvalue weighted by Gasteiger charge is 1.86. The van der Waals surface area contributed by atoms with Gasteiger partial charge in [0.05, 0.1) is 0 Å². The summed E-state index contributed by atoms with van der Waals surface area (Å²) in [6.45, 7) is 2.10. The first kappa shape index (κ1) is 5.85. The minimum absolute atomic E-state index is 0.385. The lowest BCUT2D eigenvalue weighted by Gasteiger charge is -2.02. The molecule has 0 unspecified atom stereocenters. The Morgan fingerprint density at radius 3 is 2.33 bits per heavy atom. The summed E-state index contributed by atoms with van der Waals surface area (Å²) in [5.74, 6) is 0. The summed E-state index contributed by atoms with van der Waals surface area (Å²) in [7, 11) is 1.53. The van der Waals surface area contributed by atoms with Crippen molar-refractivity contribution < 1.29 is 4.48 Å². The van der Waals surface area contributed by atoms with Gasteiger partial charge in [-0.05, 0) is 6.92 Å². The Morgan fingerprint density at radius 1 is 1.83 bits per heavy atom. The number of hydrogen-bond donors (Lipinski definition) is 1. The predicted octanol–water partition coefficient (Wildman–Crippen LogP) is 0.327. The SMILES string of the molecule is CCN(F)NC. The molecule has 3 heteroatoms. The molecular formula is C3H9FN2. The third kappa shape index (κ3) is 2.11. The third-order valence-electron chi connectivity index (χ3n) is 0.520. The number of halogens is 1. The Hall–Kier alpha value is -0.150. The highest BCUT2D eigenvalue weighted by atomic mass is 19.2. The van der Waals surface area contributed by atoms with Crippen LogP contribution in [0.3, 0.4) is 0 Å². The van der Waals surface area contributed by atoms with E-state index < -0.39 is 0 Å². The monoisotopic (exact) mass is 92.1 g/mol. The maximum Gasteiger partial charge on any atom is 0.0424 e. The van der Waals surface area contributed by atoms with Crippen molar-refractivity contribution in [3.63, 3.8) is 0 Å². The van der Waals surface area contributed by atoms with Crippen LogP contribution in [0.4, 0.5) is 4.48 Å². The number of nitrogens with one attached hydrogen (secondary N) is 1. The first-order valence-corrected chi connectivity index (χ1v) is 1.92. The average Bonchev–Trinajstić information content (AvgIpc) is 1.65. The lowest BCUT2D eigenvalue weighted by Crippen LogP contribution is -2.25. The number of hydrazine groups is 1. The summed E-state index contributed by atoms with van der Waals surface area (Å²) in [6.07, 6.45) is 0. The van der Waals surface area contributed by atoms with E-state index in [2.05, 4.69) is 5.43 Å². The minimum atomic E-state index is 0.385. The fraction of sp³-hybridized carbons (Fsp3) is 1.00. The highest BCUT2D eigenvalue weighted by Crippen LogP contribution is 1.73. The van der Waals surface area contributed by atoms with Crippen molar-refractivity contribution in [3.05, 3.63) is 0 Å². The van der Waals surface area contributed by atoms with E-state index >= 15 is 0 Å². The van der Waals surface area contributed by atoms with Gasteiger partial charge in [0.2, 0.25) is 0 Å². The predicted molar refractivity (Wildman–Crippen MR) is 22.5 cm³/mol. The van der Waals surface area contributed by atoms with E-state index in [1.165, 1.54) is 7.05 Å². The van der Waals surface area contributed by atoms with Crippen LogP contribution in [-0.2, 0) is 0 Å². The van der Waals surface area contributed by atoms with Crippen LogP contribution in [0, 0.1) is 0 Å². The lowest BCUT2D eigenvalue weighted by molar-refractivity contribution is -0.0166. The van der Waals surface area contributed by atoms with E-state index in [0.717, 1.165) is 0 Å². The summed E-state index contributed by atoms with van der Waals surface area (Å²) in [4.78, 5) is 0. The van der Waals surface area contributed by atoms with Gasteiger partial charge in [-0.3, -0.25) is 0 Å². The van der Waals surface area contributed by atoms with Gasteiger partial charge < -0.3 is 0 Å². The maximum absolute atomic E-state index is 11.6. The second-order valence-electron chi connectivity index (χ2n) is 0.902. The van der Waals surface area contributed by atoms with Crippen LogP contribution in [0.1, 0.15) is 6.92 Å². The first-order valence-electron chi connectivity index (χ1n) is 1.92. The molecule has 0 aliphatic carbocycles. The molecule has 0 fully saturated rings. The molecule has 0 aromatic carbocycles. The molecule has 0 heterocycles. The van der Waals surface area contributed by atoms with Crippen LogP contribution in [0.2, 0.25) is 0 Å². The number of hydrogen-bond acceptors (Lipinski definition) is 2. The van der Waals surface area contributed by atoms with Crippen molar-refractivity contribution in [1.82, 2.24) is 10.7 Å². The molecule has 0 aliphatic heterocycles. The molecule has 0 bridgehead atoms. The van der Waals surface area contributed by atoms with Crippen LogP contribution in [0.5, 0.6) is 0 Å². The second kappa shape index (κ2) is 3.06. The smallest absolute Gasteiger partial charge is 0.0424 e. The Balaban J connectivity index is 2.75. The van der Waals surface area contributed by atoms with Crippen LogP contribution in [0.15, 0.2) is 0 Å². The quantitative estimate of drug-likeness (QED) is 0.390. The van der Waals surface area contributed by atoms with E-state index in [0.29, 0.717) is 11.8 Å². The van der Waals surface area contributed by atoms with Crippen molar-refractivity contribution in [2.24, 2.45) is 0 Å². The van der Waals surface area contributed by atoms with E-state index in [9.17, 15) is 4.48 Å². The van der Waals surface area contributed by atoms with Gasteiger partial charge in [0.15, 0.2) is 0 Å². The van der Waals surface area contributed by atoms with Gasteiger partial charge in [-0.2, -0.15) is 0 Å². The van der Waals surface area contributed by atoms with E-state index in [4.69, 9.17) is 0 Å². The third-order valence-corrected chi connectivity index (χ3v) is 0.520. The molecule has 0 rings (SSSR count). The van der Waals surface area contributed by atoms with Crippen LogP contribution >= 0.6 is 0 Å². The fourth-order valence-electron chi connectivity index (χ4n) is 0.158. The van der Waals surface area contributed by atoms with Crippen molar-refractivity contribution in [1.29, 1.82) is 0 Å². The molecule has 0 saturated carbocycles. The minimum Gasteiger partial charge on any atom is -0.231 e. The molecule has 0 radical (unpaired) electrons. The van der Waals surface area contributed by atoms with E-state index in [1.54, 1.807) is 6.92 Å². The van der Waals surface area contributed by atoms with E-state index in [1.807, 2.05) is 0 Å². The summed E-state index contributed by atoms with van der Waals surface area (Å²) in [5, 5.41) is 0.500. The molecule has 0 amide bonds. The highest BCUT2D eigenvalue weighted by molar-refractivity contribution is 4.17. The molecule has 2 nitrogen and oxygen atoms in total. The number of nitrogens with zero attached hydrogens (tertiary/aromatic N) is 1. The zero-order valence-corrected chi connectivity index (χ0v) is 4.03. The zero-order valence-electron chi connectivity index (χ0n) is 4.03. The zero-order chi connectivity index (χ0) is 4.99. The Kier molecular flexibility index (Phi) is 2.98. The first-order chi connectivity index (χ1) is 2.81. The molecule has 0 atom stereocenters. The van der Waals surface area contributed by atoms with Crippen LogP contribution < -0.4 is 5.43 Å². The normalized spacial score (nSPS) is 10.0. The van der Waals surface area contributed by atoms with Crippen LogP contribution in [-0.4, -0.2) is 18.8 Å². The standard InChI is InChI=1S/C3H9FN2/c1-3-6(4)5-2/h5H,3H2,1-2H3. The van der Waals surface area contributed by atoms with Gasteiger partial charge in [0.25, 0.3) is 0 Å². The largest absolute Gasteiger partial charge is 0.231 e. The second-order valence-corrected chi connectivity index (χ2v) is 0.902. The van der Waals surface area contributed by atoms with Crippen molar-refractivity contribution in [3.8, 4) is 0 Å². The summed E-state index contributed by atoms with van der Waals surface area (Å²) in [5.41, 5.74) is 2.28. The van der Waals surface area contributed by atoms with Gasteiger partial charge in [-0.25, -0.2) is 5.43 Å². The van der Waals surface area contributed by atoms with Gasteiger partial charge in [0.1, 0.15) is 0 Å². The lowest BCUT2D eigenvalue weighted by atomic mass is 10.8. The maximum atomic E-state index is 11.6. The molecule has 6 heavy (non-hydrogen) atoms. The summed E-state index contributed by atoms with van der Waals surface area (Å²) in [6, 6.07) is 0. The fourth-order valence-corrected chi connectivity index (χ4v) is 0.158. The Morgan fingerprint density at radius 2 is 2.33 bits per heavy atom. The number of rotatable bonds is 2. The molecule has 0 aromatic heterocycles. The Bertz CT molecular complexity index is 28.0. The molecule has 38 valence electrons. The van der Waals surface area contributed by atoms with Crippen molar-refractivity contribution in [2.75, 3.05) is 13.6 Å².